The molecule has 3 heterocycles. The Labute approximate surface area is 176 Å². The van der Waals surface area contributed by atoms with Crippen molar-refractivity contribution in [2.24, 2.45) is 17.1 Å². The number of nitrogens with one attached hydrogen (secondary N) is 1. The second-order valence-corrected chi connectivity index (χ2v) is 8.99. The summed E-state index contributed by atoms with van der Waals surface area (Å²) in [6.45, 7) is 6.51. The molecular weight excluding hydrogens is 385 g/mol. The van der Waals surface area contributed by atoms with Crippen molar-refractivity contribution in [2.45, 2.75) is 65.8 Å². The van der Waals surface area contributed by atoms with Gasteiger partial charge in [0, 0.05) is 36.2 Å². The van der Waals surface area contributed by atoms with Crippen LogP contribution in [-0.4, -0.2) is 26.6 Å². The van der Waals surface area contributed by atoms with Crippen LogP contribution in [0.2, 0.25) is 0 Å². The van der Waals surface area contributed by atoms with E-state index in [9.17, 15) is 14.0 Å². The molecule has 8 heteroatoms. The zero-order valence-corrected chi connectivity index (χ0v) is 17.9. The molecule has 1 fully saturated rings. The molecule has 2 aromatic rings. The van der Waals surface area contributed by atoms with Crippen LogP contribution in [0, 0.1) is 17.2 Å². The van der Waals surface area contributed by atoms with Crippen LogP contribution in [0.15, 0.2) is 18.5 Å². The molecular formula is C22H30FN5O2. The van der Waals surface area contributed by atoms with Crippen molar-refractivity contribution in [1.29, 1.82) is 0 Å². The van der Waals surface area contributed by atoms with Crippen LogP contribution in [0.3, 0.4) is 0 Å². The molecule has 2 aromatic heterocycles. The number of carbonyl (C=O) groups is 2. The predicted molar refractivity (Wildman–Crippen MR) is 113 cm³/mol. The maximum atomic E-state index is 14.5. The fourth-order valence-corrected chi connectivity index (χ4v) is 4.18. The molecule has 1 aliphatic carbocycles. The number of pyridine rings is 1. The number of anilines is 1. The third-order valence-corrected chi connectivity index (χ3v) is 5.55. The summed E-state index contributed by atoms with van der Waals surface area (Å²) in [6.07, 6.45) is 9.00. The third-order valence-electron chi connectivity index (χ3n) is 5.55. The Morgan fingerprint density at radius 1 is 1.20 bits per heavy atom. The van der Waals surface area contributed by atoms with Crippen molar-refractivity contribution >= 4 is 17.6 Å². The summed E-state index contributed by atoms with van der Waals surface area (Å²) in [5.74, 6) is -0.272. The summed E-state index contributed by atoms with van der Waals surface area (Å²) in [5, 5.41) is 7.30. The number of rotatable bonds is 3. The predicted octanol–water partition coefficient (Wildman–Crippen LogP) is 3.68. The number of primary amides is 1. The number of nitrogens with two attached hydrogens (primary N) is 1. The number of carbonyl (C=O) groups excluding carboxylic acids is 2. The van der Waals surface area contributed by atoms with Gasteiger partial charge in [-0.1, -0.05) is 33.1 Å². The summed E-state index contributed by atoms with van der Waals surface area (Å²) in [4.78, 5) is 25.8. The van der Waals surface area contributed by atoms with E-state index in [0.29, 0.717) is 11.4 Å². The van der Waals surface area contributed by atoms with E-state index < -0.39 is 0 Å². The van der Waals surface area contributed by atoms with Crippen LogP contribution < -0.4 is 11.1 Å². The van der Waals surface area contributed by atoms with E-state index in [1.807, 2.05) is 4.68 Å². The standard InChI is InChI=1S/C20H25FN4O.C2H5NO/c1-20(2)9-17-15(10-23-25(17)12-20)14-8-18(22-11-16(14)21)24-19(26)13-6-4-3-5-7-13;1-2(3)4/h8,10-11,13H,3-7,9,12H2,1-2H3,(H,22,24,26);1H3,(H2,3,4). The largest absolute Gasteiger partial charge is 0.370 e. The molecule has 0 spiro atoms. The number of halogens is 1. The van der Waals surface area contributed by atoms with Crippen molar-refractivity contribution in [3.8, 4) is 11.1 Å². The highest BCUT2D eigenvalue weighted by molar-refractivity contribution is 5.92. The normalized spacial score (nSPS) is 17.6. The highest BCUT2D eigenvalue weighted by Gasteiger charge is 2.32. The van der Waals surface area contributed by atoms with Gasteiger partial charge >= 0.3 is 0 Å². The monoisotopic (exact) mass is 415 g/mol. The van der Waals surface area contributed by atoms with Gasteiger partial charge in [-0.15, -0.1) is 0 Å². The van der Waals surface area contributed by atoms with E-state index in [1.54, 1.807) is 12.3 Å². The molecule has 4 rings (SSSR count). The van der Waals surface area contributed by atoms with Gasteiger partial charge in [-0.05, 0) is 30.7 Å². The molecule has 0 bridgehead atoms. The highest BCUT2D eigenvalue weighted by Crippen LogP contribution is 2.38. The molecule has 0 saturated heterocycles. The molecule has 1 aliphatic heterocycles. The summed E-state index contributed by atoms with van der Waals surface area (Å²) < 4.78 is 16.4. The van der Waals surface area contributed by atoms with E-state index in [2.05, 4.69) is 35.0 Å². The maximum Gasteiger partial charge on any atom is 0.228 e. The molecule has 0 unspecified atom stereocenters. The molecule has 1 saturated carbocycles. The second-order valence-electron chi connectivity index (χ2n) is 8.99. The van der Waals surface area contributed by atoms with Gasteiger partial charge in [-0.25, -0.2) is 9.37 Å². The molecule has 30 heavy (non-hydrogen) atoms. The molecule has 2 aliphatic rings. The van der Waals surface area contributed by atoms with Crippen LogP contribution >= 0.6 is 0 Å². The van der Waals surface area contributed by atoms with Gasteiger partial charge in [-0.2, -0.15) is 5.10 Å². The lowest BCUT2D eigenvalue weighted by atomic mass is 9.88. The number of nitrogens with zero attached hydrogens (tertiary/aromatic N) is 3. The second kappa shape index (κ2) is 8.93. The average Bonchev–Trinajstić information content (AvgIpc) is 3.18. The molecule has 162 valence electrons. The smallest absolute Gasteiger partial charge is 0.228 e. The van der Waals surface area contributed by atoms with Gasteiger partial charge < -0.3 is 11.1 Å². The third kappa shape index (κ3) is 5.23. The number of hydrogen-bond acceptors (Lipinski definition) is 4. The molecule has 2 amide bonds. The van der Waals surface area contributed by atoms with Crippen LogP contribution in [-0.2, 0) is 22.6 Å². The van der Waals surface area contributed by atoms with Crippen molar-refractivity contribution in [1.82, 2.24) is 14.8 Å². The summed E-state index contributed by atoms with van der Waals surface area (Å²) in [7, 11) is 0. The van der Waals surface area contributed by atoms with Crippen molar-refractivity contribution < 1.29 is 14.0 Å². The number of aromatic nitrogens is 3. The van der Waals surface area contributed by atoms with Gasteiger partial charge in [-0.3, -0.25) is 14.3 Å². The lowest BCUT2D eigenvalue weighted by molar-refractivity contribution is -0.120. The topological polar surface area (TPSA) is 103 Å². The van der Waals surface area contributed by atoms with Gasteiger partial charge in [0.25, 0.3) is 0 Å². The first kappa shape index (κ1) is 21.9. The maximum absolute atomic E-state index is 14.5. The summed E-state index contributed by atoms with van der Waals surface area (Å²) in [5.41, 5.74) is 6.89. The number of hydrogen-bond donors (Lipinski definition) is 2. The number of fused-ring (bicyclic) bond motifs is 1. The van der Waals surface area contributed by atoms with Gasteiger partial charge in [0.2, 0.25) is 11.8 Å². The Morgan fingerprint density at radius 2 is 1.87 bits per heavy atom. The Bertz CT molecular complexity index is 928. The number of amides is 2. The summed E-state index contributed by atoms with van der Waals surface area (Å²) >= 11 is 0. The Morgan fingerprint density at radius 3 is 2.53 bits per heavy atom. The minimum Gasteiger partial charge on any atom is -0.370 e. The van der Waals surface area contributed by atoms with Gasteiger partial charge in [0.1, 0.15) is 11.6 Å². The van der Waals surface area contributed by atoms with Gasteiger partial charge in [0.15, 0.2) is 0 Å². The van der Waals surface area contributed by atoms with E-state index in [4.69, 9.17) is 0 Å². The summed E-state index contributed by atoms with van der Waals surface area (Å²) in [6, 6.07) is 1.64. The van der Waals surface area contributed by atoms with Crippen molar-refractivity contribution in [3.05, 3.63) is 30.0 Å². The zero-order valence-electron chi connectivity index (χ0n) is 17.9. The quantitative estimate of drug-likeness (QED) is 0.798. The van der Waals surface area contributed by atoms with E-state index >= 15 is 0 Å². The average molecular weight is 416 g/mol. The minimum atomic E-state index is -0.388. The fraction of sp³-hybridized carbons (Fsp3) is 0.545. The Kier molecular flexibility index (Phi) is 6.53. The Hall–Kier alpha value is -2.77. The first-order valence-corrected chi connectivity index (χ1v) is 10.4. The Balaban J connectivity index is 0.000000589. The molecule has 0 aromatic carbocycles. The van der Waals surface area contributed by atoms with Crippen LogP contribution in [0.5, 0.6) is 0 Å². The van der Waals surface area contributed by atoms with E-state index in [1.165, 1.54) is 19.5 Å². The van der Waals surface area contributed by atoms with Crippen molar-refractivity contribution in [3.63, 3.8) is 0 Å². The van der Waals surface area contributed by atoms with Crippen LogP contribution in [0.25, 0.3) is 11.1 Å². The lowest BCUT2D eigenvalue weighted by Gasteiger charge is -2.20. The van der Waals surface area contributed by atoms with Crippen molar-refractivity contribution in [2.75, 3.05) is 5.32 Å². The molecule has 7 nitrogen and oxygen atoms in total. The van der Waals surface area contributed by atoms with E-state index in [0.717, 1.165) is 49.9 Å². The lowest BCUT2D eigenvalue weighted by Crippen LogP contribution is -2.25. The highest BCUT2D eigenvalue weighted by atomic mass is 19.1. The SMILES string of the molecule is CC(N)=O.CC1(C)Cc2c(-c3cc(NC(=O)C4CCCCC4)ncc3F)cnn2C1. The van der Waals surface area contributed by atoms with Gasteiger partial charge in [0.05, 0.1) is 12.4 Å². The van der Waals surface area contributed by atoms with Crippen LogP contribution in [0.1, 0.15) is 58.6 Å². The zero-order chi connectivity index (χ0) is 21.9. The first-order chi connectivity index (χ1) is 14.2. The minimum absolute atomic E-state index is 0.00359. The van der Waals surface area contributed by atoms with E-state index in [-0.39, 0.29) is 29.0 Å². The molecule has 0 atom stereocenters. The molecule has 0 radical (unpaired) electrons. The fourth-order valence-electron chi connectivity index (χ4n) is 4.18. The first-order valence-electron chi connectivity index (χ1n) is 10.4. The molecule has 3 N–H and O–H groups in total. The van der Waals surface area contributed by atoms with Crippen LogP contribution in [0.4, 0.5) is 10.2 Å².